The molecule has 136 valence electrons. The van der Waals surface area contributed by atoms with Crippen molar-refractivity contribution in [3.63, 3.8) is 0 Å². The van der Waals surface area contributed by atoms with Crippen molar-refractivity contribution in [2.45, 2.75) is 42.8 Å². The van der Waals surface area contributed by atoms with Crippen molar-refractivity contribution in [2.24, 2.45) is 0 Å². The normalized spacial score (nSPS) is 11.1. The first-order valence-corrected chi connectivity index (χ1v) is 9.36. The number of aliphatic hydroxyl groups is 1. The van der Waals surface area contributed by atoms with Gasteiger partial charge in [0.15, 0.2) is 0 Å². The van der Waals surface area contributed by atoms with Crippen LogP contribution in [0.5, 0.6) is 5.75 Å². The van der Waals surface area contributed by atoms with Crippen LogP contribution >= 0.6 is 11.8 Å². The molecule has 0 aliphatic carbocycles. The third kappa shape index (κ3) is 4.08. The second-order valence-corrected chi connectivity index (χ2v) is 7.28. The first-order valence-electron chi connectivity index (χ1n) is 8.54. The lowest BCUT2D eigenvalue weighted by Crippen LogP contribution is -2.07. The number of imidazole rings is 1. The molecule has 0 atom stereocenters. The van der Waals surface area contributed by atoms with E-state index in [4.69, 9.17) is 9.72 Å². The molecule has 0 aliphatic rings. The fourth-order valence-corrected chi connectivity index (χ4v) is 3.91. The number of rotatable bonds is 7. The quantitative estimate of drug-likeness (QED) is 0.679. The number of hydrogen-bond acceptors (Lipinski definition) is 5. The molecule has 0 saturated heterocycles. The van der Waals surface area contributed by atoms with Gasteiger partial charge in [0.05, 0.1) is 25.0 Å². The van der Waals surface area contributed by atoms with Crippen LogP contribution in [0.4, 0.5) is 0 Å². The number of benzene rings is 1. The predicted molar refractivity (Wildman–Crippen MR) is 103 cm³/mol. The Labute approximate surface area is 158 Å². The summed E-state index contributed by atoms with van der Waals surface area (Å²) in [6.45, 7) is 4.70. The van der Waals surface area contributed by atoms with Gasteiger partial charge in [0.2, 0.25) is 0 Å². The van der Waals surface area contributed by atoms with Gasteiger partial charge in [0.1, 0.15) is 23.2 Å². The lowest BCUT2D eigenvalue weighted by Gasteiger charge is -2.13. The fourth-order valence-electron chi connectivity index (χ4n) is 2.70. The maximum atomic E-state index is 9.83. The van der Waals surface area contributed by atoms with Crippen LogP contribution < -0.4 is 4.74 Å². The van der Waals surface area contributed by atoms with Crippen LogP contribution in [0.15, 0.2) is 58.6 Å². The molecule has 0 unspecified atom stereocenters. The van der Waals surface area contributed by atoms with E-state index in [-0.39, 0.29) is 12.5 Å². The molecular formula is C20H23N3O2S. The van der Waals surface area contributed by atoms with Gasteiger partial charge < -0.3 is 14.4 Å². The highest BCUT2D eigenvalue weighted by molar-refractivity contribution is 7.99. The summed E-state index contributed by atoms with van der Waals surface area (Å²) in [5, 5.41) is 10.9. The van der Waals surface area contributed by atoms with Crippen LogP contribution in [0, 0.1) is 0 Å². The van der Waals surface area contributed by atoms with Crippen LogP contribution in [0.3, 0.4) is 0 Å². The van der Waals surface area contributed by atoms with Crippen molar-refractivity contribution < 1.29 is 9.84 Å². The van der Waals surface area contributed by atoms with Gasteiger partial charge in [0.25, 0.3) is 0 Å². The van der Waals surface area contributed by atoms with Crippen LogP contribution in [0.1, 0.15) is 37.0 Å². The number of hydrogen-bond donors (Lipinski definition) is 1. The maximum Gasteiger partial charge on any atom is 0.136 e. The molecule has 1 aromatic carbocycles. The summed E-state index contributed by atoms with van der Waals surface area (Å²) in [6.07, 6.45) is 1.78. The average Bonchev–Trinajstić information content (AvgIpc) is 3.00. The summed E-state index contributed by atoms with van der Waals surface area (Å²) in [4.78, 5) is 10.2. The van der Waals surface area contributed by atoms with Gasteiger partial charge in [0, 0.05) is 11.1 Å². The third-order valence-electron chi connectivity index (χ3n) is 4.02. The van der Waals surface area contributed by atoms with Gasteiger partial charge in [-0.15, -0.1) is 0 Å². The Morgan fingerprint density at radius 3 is 2.69 bits per heavy atom. The second-order valence-electron chi connectivity index (χ2n) is 6.22. The summed E-state index contributed by atoms with van der Waals surface area (Å²) in [6, 6.07) is 13.8. The molecule has 0 amide bonds. The molecule has 26 heavy (non-hydrogen) atoms. The van der Waals surface area contributed by atoms with E-state index in [0.717, 1.165) is 27.1 Å². The van der Waals surface area contributed by atoms with Crippen LogP contribution in [0.2, 0.25) is 0 Å². The average molecular weight is 369 g/mol. The van der Waals surface area contributed by atoms with E-state index in [1.54, 1.807) is 25.1 Å². The van der Waals surface area contributed by atoms with Crippen molar-refractivity contribution in [1.82, 2.24) is 14.5 Å². The summed E-state index contributed by atoms with van der Waals surface area (Å²) >= 11 is 1.64. The Balaban J connectivity index is 2.04. The molecule has 0 spiro atoms. The Hall–Kier alpha value is -2.31. The Kier molecular flexibility index (Phi) is 5.96. The molecule has 0 radical (unpaired) electrons. The van der Waals surface area contributed by atoms with E-state index in [0.29, 0.717) is 12.4 Å². The first-order chi connectivity index (χ1) is 12.6. The zero-order valence-electron chi connectivity index (χ0n) is 15.2. The van der Waals surface area contributed by atoms with Crippen molar-refractivity contribution in [3.8, 4) is 5.75 Å². The van der Waals surface area contributed by atoms with Gasteiger partial charge in [-0.2, -0.15) is 0 Å². The highest BCUT2D eigenvalue weighted by atomic mass is 32.2. The smallest absolute Gasteiger partial charge is 0.136 e. The van der Waals surface area contributed by atoms with Gasteiger partial charge >= 0.3 is 0 Å². The zero-order chi connectivity index (χ0) is 18.5. The molecule has 2 aromatic heterocycles. The van der Waals surface area contributed by atoms with Crippen molar-refractivity contribution >= 4 is 11.8 Å². The summed E-state index contributed by atoms with van der Waals surface area (Å²) in [5.74, 6) is 1.72. The fraction of sp³-hybridized carbons (Fsp3) is 0.300. The SMILES string of the molecule is COc1cccc(Sc2c(C(C)C)nc(CO)n2Cc2ccccn2)c1. The second kappa shape index (κ2) is 8.38. The minimum atomic E-state index is -0.106. The molecule has 0 saturated carbocycles. The Morgan fingerprint density at radius 1 is 1.19 bits per heavy atom. The molecule has 5 nitrogen and oxygen atoms in total. The minimum Gasteiger partial charge on any atom is -0.497 e. The molecule has 0 aliphatic heterocycles. The van der Waals surface area contributed by atoms with Gasteiger partial charge in [-0.25, -0.2) is 4.98 Å². The third-order valence-corrected chi connectivity index (χ3v) is 5.13. The summed E-state index contributed by atoms with van der Waals surface area (Å²) in [7, 11) is 1.67. The van der Waals surface area contributed by atoms with E-state index in [1.165, 1.54) is 0 Å². The molecule has 3 rings (SSSR count). The van der Waals surface area contributed by atoms with Gasteiger partial charge in [-0.3, -0.25) is 4.98 Å². The van der Waals surface area contributed by atoms with Crippen LogP contribution in [-0.2, 0) is 13.2 Å². The number of methoxy groups -OCH3 is 1. The van der Waals surface area contributed by atoms with E-state index in [2.05, 4.69) is 23.4 Å². The summed E-state index contributed by atoms with van der Waals surface area (Å²) in [5.41, 5.74) is 1.92. The molecule has 3 aromatic rings. The zero-order valence-corrected chi connectivity index (χ0v) is 16.0. The number of ether oxygens (including phenoxy) is 1. The van der Waals surface area contributed by atoms with E-state index in [1.807, 2.05) is 42.5 Å². The topological polar surface area (TPSA) is 60.2 Å². The van der Waals surface area contributed by atoms with E-state index >= 15 is 0 Å². The van der Waals surface area contributed by atoms with Crippen molar-refractivity contribution in [1.29, 1.82) is 0 Å². The molecule has 2 heterocycles. The molecular weight excluding hydrogens is 346 g/mol. The van der Waals surface area contributed by atoms with Gasteiger partial charge in [-0.05, 0) is 36.2 Å². The molecule has 0 bridgehead atoms. The molecule has 0 fully saturated rings. The van der Waals surface area contributed by atoms with Crippen molar-refractivity contribution in [3.05, 3.63) is 65.9 Å². The van der Waals surface area contributed by atoms with Gasteiger partial charge in [-0.1, -0.05) is 37.7 Å². The standard InChI is InChI=1S/C20H23N3O2S/c1-14(2)19-20(26-17-9-6-8-16(11-17)25-3)23(18(13-24)22-19)12-15-7-4-5-10-21-15/h4-11,14,24H,12-13H2,1-3H3. The monoisotopic (exact) mass is 369 g/mol. The number of aliphatic hydroxyl groups excluding tert-OH is 1. The summed E-state index contributed by atoms with van der Waals surface area (Å²) < 4.78 is 7.39. The molecule has 6 heteroatoms. The first kappa shape index (κ1) is 18.5. The number of pyridine rings is 1. The Morgan fingerprint density at radius 2 is 2.04 bits per heavy atom. The Bertz CT molecular complexity index is 863. The van der Waals surface area contributed by atoms with Crippen molar-refractivity contribution in [2.75, 3.05) is 7.11 Å². The lowest BCUT2D eigenvalue weighted by molar-refractivity contribution is 0.264. The number of nitrogens with zero attached hydrogens (tertiary/aromatic N) is 3. The largest absolute Gasteiger partial charge is 0.497 e. The predicted octanol–water partition coefficient (Wildman–Crippen LogP) is 4.10. The maximum absolute atomic E-state index is 9.83. The van der Waals surface area contributed by atoms with Crippen LogP contribution in [-0.4, -0.2) is 26.8 Å². The minimum absolute atomic E-state index is 0.106. The lowest BCUT2D eigenvalue weighted by atomic mass is 10.1. The highest BCUT2D eigenvalue weighted by Crippen LogP contribution is 2.36. The van der Waals surface area contributed by atoms with E-state index in [9.17, 15) is 5.11 Å². The number of aromatic nitrogens is 3. The van der Waals surface area contributed by atoms with Crippen LogP contribution in [0.25, 0.3) is 0 Å². The highest BCUT2D eigenvalue weighted by Gasteiger charge is 2.20. The molecule has 1 N–H and O–H groups in total. The van der Waals surface area contributed by atoms with E-state index < -0.39 is 0 Å².